The summed E-state index contributed by atoms with van der Waals surface area (Å²) in [5.41, 5.74) is 4.96. The lowest BCUT2D eigenvalue weighted by Crippen LogP contribution is -2.35. The van der Waals surface area contributed by atoms with Crippen molar-refractivity contribution in [3.8, 4) is 0 Å². The van der Waals surface area contributed by atoms with Gasteiger partial charge in [0, 0.05) is 48.6 Å². The Balaban J connectivity index is 1.31. The molecule has 0 aliphatic carbocycles. The van der Waals surface area contributed by atoms with E-state index in [1.54, 1.807) is 6.20 Å². The van der Waals surface area contributed by atoms with Crippen molar-refractivity contribution in [1.29, 1.82) is 0 Å². The summed E-state index contributed by atoms with van der Waals surface area (Å²) in [6.07, 6.45) is 4.96. The largest absolute Gasteiger partial charge is 0.356 e. The molecule has 35 heavy (non-hydrogen) atoms. The van der Waals surface area contributed by atoms with E-state index in [0.717, 1.165) is 66.5 Å². The predicted octanol–water partition coefficient (Wildman–Crippen LogP) is 4.41. The molecular formula is C28H31N5O2. The minimum atomic E-state index is -0.160. The van der Waals surface area contributed by atoms with Gasteiger partial charge in [-0.3, -0.25) is 14.6 Å². The third-order valence-corrected chi connectivity index (χ3v) is 6.93. The minimum absolute atomic E-state index is 0.0328. The molecule has 1 saturated heterocycles. The fourth-order valence-electron chi connectivity index (χ4n) is 4.87. The molecule has 0 spiro atoms. The summed E-state index contributed by atoms with van der Waals surface area (Å²) in [6, 6.07) is 15.1. The van der Waals surface area contributed by atoms with E-state index < -0.39 is 0 Å². The third kappa shape index (κ3) is 5.04. The van der Waals surface area contributed by atoms with Crippen LogP contribution in [0, 0.1) is 12.8 Å². The lowest BCUT2D eigenvalue weighted by molar-refractivity contribution is -0.117. The van der Waals surface area contributed by atoms with Gasteiger partial charge in [0.1, 0.15) is 5.82 Å². The van der Waals surface area contributed by atoms with Crippen molar-refractivity contribution in [3.05, 3.63) is 77.2 Å². The minimum Gasteiger partial charge on any atom is -0.356 e. The van der Waals surface area contributed by atoms with Crippen molar-refractivity contribution >= 4 is 29.0 Å². The molecule has 1 fully saturated rings. The summed E-state index contributed by atoms with van der Waals surface area (Å²) in [6.45, 7) is 6.70. The second-order valence-corrected chi connectivity index (χ2v) is 9.58. The number of nitrogens with zero attached hydrogens (tertiary/aromatic N) is 4. The molecule has 0 atom stereocenters. The average molecular weight is 470 g/mol. The molecule has 0 saturated carbocycles. The quantitative estimate of drug-likeness (QED) is 0.599. The number of piperidine rings is 1. The average Bonchev–Trinajstić information content (AvgIpc) is 3.28. The maximum Gasteiger partial charge on any atom is 0.259 e. The molecule has 3 aromatic rings. The molecule has 0 radical (unpaired) electrons. The Morgan fingerprint density at radius 3 is 2.66 bits per heavy atom. The molecule has 7 nitrogen and oxygen atoms in total. The maximum atomic E-state index is 13.3. The number of aryl methyl sites for hydroxylation is 1. The number of pyridine rings is 2. The van der Waals surface area contributed by atoms with E-state index in [4.69, 9.17) is 4.98 Å². The molecule has 0 bridgehead atoms. The van der Waals surface area contributed by atoms with Crippen LogP contribution in [0.25, 0.3) is 0 Å². The van der Waals surface area contributed by atoms with Gasteiger partial charge in [0.15, 0.2) is 0 Å². The van der Waals surface area contributed by atoms with Crippen LogP contribution in [0.3, 0.4) is 0 Å². The highest BCUT2D eigenvalue weighted by Gasteiger charge is 2.26. The Morgan fingerprint density at radius 1 is 1.06 bits per heavy atom. The zero-order valence-electron chi connectivity index (χ0n) is 20.3. The highest BCUT2D eigenvalue weighted by atomic mass is 16.2. The number of anilines is 3. The third-order valence-electron chi connectivity index (χ3n) is 6.93. The number of rotatable bonds is 5. The smallest absolute Gasteiger partial charge is 0.259 e. The highest BCUT2D eigenvalue weighted by Crippen LogP contribution is 2.32. The van der Waals surface area contributed by atoms with E-state index in [0.29, 0.717) is 18.0 Å². The van der Waals surface area contributed by atoms with Crippen LogP contribution in [0.2, 0.25) is 0 Å². The summed E-state index contributed by atoms with van der Waals surface area (Å²) in [5.74, 6) is 1.34. The van der Waals surface area contributed by atoms with Crippen LogP contribution < -0.4 is 15.1 Å². The number of hydrogen-bond donors (Lipinski definition) is 1. The summed E-state index contributed by atoms with van der Waals surface area (Å²) in [7, 11) is 0. The van der Waals surface area contributed by atoms with Crippen molar-refractivity contribution < 1.29 is 9.59 Å². The topological polar surface area (TPSA) is 78.4 Å². The second-order valence-electron chi connectivity index (χ2n) is 9.58. The van der Waals surface area contributed by atoms with Gasteiger partial charge in [-0.15, -0.1) is 0 Å². The van der Waals surface area contributed by atoms with Gasteiger partial charge in [0.05, 0.1) is 12.0 Å². The molecule has 2 amide bonds. The second kappa shape index (κ2) is 9.86. The number of hydrogen-bond acceptors (Lipinski definition) is 5. The lowest BCUT2D eigenvalue weighted by atomic mass is 9.99. The normalized spacial score (nSPS) is 15.7. The first-order valence-corrected chi connectivity index (χ1v) is 12.3. The monoisotopic (exact) mass is 469 g/mol. The highest BCUT2D eigenvalue weighted by molar-refractivity contribution is 6.08. The molecule has 7 heteroatoms. The molecule has 2 aliphatic heterocycles. The van der Waals surface area contributed by atoms with E-state index in [1.165, 1.54) is 0 Å². The number of aromatic nitrogens is 2. The number of nitrogens with one attached hydrogen (secondary N) is 1. The van der Waals surface area contributed by atoms with Gasteiger partial charge >= 0.3 is 0 Å². The number of carbonyl (C=O) groups excluding carboxylic acids is 2. The van der Waals surface area contributed by atoms with Crippen LogP contribution in [-0.4, -0.2) is 41.4 Å². The van der Waals surface area contributed by atoms with Crippen LogP contribution in [-0.2, 0) is 17.6 Å². The van der Waals surface area contributed by atoms with Gasteiger partial charge in [0.25, 0.3) is 5.91 Å². The van der Waals surface area contributed by atoms with Crippen molar-refractivity contribution in [1.82, 2.24) is 9.97 Å². The number of carbonyl (C=O) groups is 2. The predicted molar refractivity (Wildman–Crippen MR) is 138 cm³/mol. The Hall–Kier alpha value is -3.74. The molecule has 1 aromatic carbocycles. The summed E-state index contributed by atoms with van der Waals surface area (Å²) in [5, 5.41) is 3.06. The fourth-order valence-corrected chi connectivity index (χ4v) is 4.87. The molecule has 2 aromatic heterocycles. The lowest BCUT2D eigenvalue weighted by Gasteiger charge is -2.32. The van der Waals surface area contributed by atoms with Gasteiger partial charge in [-0.25, -0.2) is 4.98 Å². The molecule has 180 valence electrons. The summed E-state index contributed by atoms with van der Waals surface area (Å²) < 4.78 is 0. The van der Waals surface area contributed by atoms with Gasteiger partial charge < -0.3 is 15.1 Å². The van der Waals surface area contributed by atoms with Gasteiger partial charge in [-0.05, 0) is 80.1 Å². The Bertz CT molecular complexity index is 1240. The first kappa shape index (κ1) is 23.0. The SMILES string of the molecule is Cc1ccc(C(=O)Nc2ccc3c(c2)CCN3C(=O)Cc2ccccn2)c(N2CCC(C)CC2)n1. The van der Waals surface area contributed by atoms with Crippen molar-refractivity contribution in [3.63, 3.8) is 0 Å². The van der Waals surface area contributed by atoms with Crippen LogP contribution in [0.1, 0.15) is 47.1 Å². The first-order valence-electron chi connectivity index (χ1n) is 12.3. The maximum absolute atomic E-state index is 13.3. The van der Waals surface area contributed by atoms with Gasteiger partial charge in [0.2, 0.25) is 5.91 Å². The van der Waals surface area contributed by atoms with E-state index >= 15 is 0 Å². The number of fused-ring (bicyclic) bond motifs is 1. The summed E-state index contributed by atoms with van der Waals surface area (Å²) >= 11 is 0. The molecule has 5 rings (SSSR count). The molecule has 2 aliphatic rings. The van der Waals surface area contributed by atoms with Crippen LogP contribution >= 0.6 is 0 Å². The molecule has 4 heterocycles. The number of benzene rings is 1. The molecular weight excluding hydrogens is 438 g/mol. The van der Waals surface area contributed by atoms with E-state index in [2.05, 4.69) is 22.1 Å². The zero-order valence-corrected chi connectivity index (χ0v) is 20.3. The summed E-state index contributed by atoms with van der Waals surface area (Å²) in [4.78, 5) is 39.2. The van der Waals surface area contributed by atoms with Gasteiger partial charge in [-0.2, -0.15) is 0 Å². The number of amides is 2. The standard InChI is InChI=1S/C28H31N5O2/c1-19-10-14-32(15-11-19)27-24(8-6-20(2)30-27)28(35)31-23-7-9-25-21(17-23)12-16-33(25)26(34)18-22-5-3-4-13-29-22/h3-9,13,17,19H,10-12,14-16,18H2,1-2H3,(H,31,35). The van der Waals surface area contributed by atoms with Crippen LogP contribution in [0.5, 0.6) is 0 Å². The molecule has 1 N–H and O–H groups in total. The Morgan fingerprint density at radius 2 is 1.89 bits per heavy atom. The van der Waals surface area contributed by atoms with Crippen molar-refractivity contribution in [2.45, 2.75) is 39.5 Å². The van der Waals surface area contributed by atoms with E-state index in [9.17, 15) is 9.59 Å². The zero-order chi connectivity index (χ0) is 24.4. The first-order chi connectivity index (χ1) is 17.0. The van der Waals surface area contributed by atoms with Crippen molar-refractivity contribution in [2.75, 3.05) is 34.8 Å². The van der Waals surface area contributed by atoms with E-state index in [1.807, 2.05) is 60.4 Å². The fraction of sp³-hybridized carbons (Fsp3) is 0.357. The van der Waals surface area contributed by atoms with E-state index in [-0.39, 0.29) is 18.2 Å². The van der Waals surface area contributed by atoms with Crippen LogP contribution in [0.4, 0.5) is 17.2 Å². The van der Waals surface area contributed by atoms with Gasteiger partial charge in [-0.1, -0.05) is 13.0 Å². The Kier molecular flexibility index (Phi) is 6.49. The Labute approximate surface area is 206 Å². The van der Waals surface area contributed by atoms with Crippen LogP contribution in [0.15, 0.2) is 54.7 Å². The molecule has 0 unspecified atom stereocenters. The van der Waals surface area contributed by atoms with Crippen molar-refractivity contribution in [2.24, 2.45) is 5.92 Å².